The minimum atomic E-state index is -3.27. The van der Waals surface area contributed by atoms with Gasteiger partial charge in [-0.05, 0) is 50.0 Å². The average Bonchev–Trinajstić information content (AvgIpc) is 3.15. The van der Waals surface area contributed by atoms with Gasteiger partial charge in [0.2, 0.25) is 0 Å². The Bertz CT molecular complexity index is 1210. The molecule has 2 aromatic rings. The minimum Gasteiger partial charge on any atom is -0.447 e. The summed E-state index contributed by atoms with van der Waals surface area (Å²) >= 11 is 0. The molecule has 0 radical (unpaired) electrons. The first kappa shape index (κ1) is 4.74. The first-order valence-corrected chi connectivity index (χ1v) is 6.02. The molecule has 1 aromatic heterocycles. The molecule has 21 heavy (non-hydrogen) atoms. The fourth-order valence-corrected chi connectivity index (χ4v) is 1.88. The lowest BCUT2D eigenvalue weighted by atomic mass is 10.0. The van der Waals surface area contributed by atoms with Crippen molar-refractivity contribution in [1.82, 2.24) is 15.2 Å². The summed E-state index contributed by atoms with van der Waals surface area (Å²) in [7, 11) is 0. The highest BCUT2D eigenvalue weighted by molar-refractivity contribution is 5.84. The van der Waals surface area contributed by atoms with E-state index >= 15 is 0 Å². The van der Waals surface area contributed by atoms with E-state index in [1.54, 1.807) is 0 Å². The normalized spacial score (nSPS) is 34.4. The second-order valence-electron chi connectivity index (χ2n) is 4.35. The largest absolute Gasteiger partial charge is 0.447 e. The van der Waals surface area contributed by atoms with Crippen LogP contribution in [0.15, 0.2) is 24.3 Å². The highest BCUT2D eigenvalue weighted by Gasteiger charge is 2.22. The topological polar surface area (TPSA) is 57.4 Å². The Balaban J connectivity index is 2.27. The third-order valence-corrected chi connectivity index (χ3v) is 2.78. The van der Waals surface area contributed by atoms with Crippen LogP contribution >= 0.6 is 0 Å². The number of hydrogen-bond acceptors (Lipinski definition) is 3. The number of likely N-dealkylation sites (N-methyl/N-ethyl adjacent to an activating group) is 1. The zero-order valence-electron chi connectivity index (χ0n) is 25.8. The second kappa shape index (κ2) is 5.77. The standard InChI is InChI=1S/C16H21N3O2/c1-19(2)6-5-12-9-17-15-4-3-11(8-14(12)15)7-13-10-21-16(20)18-13/h3-4,8-9,13,17H,5-7,10H2,1-2H3,(H,18,20)/t13-/m0/s1/i1D3,2D3,3D,4D,5D2,8D,9D,13D/hD2. The van der Waals surface area contributed by atoms with Crippen LogP contribution in [-0.2, 0) is 17.5 Å². The summed E-state index contributed by atoms with van der Waals surface area (Å²) in [6.45, 7) is -8.42. The number of aromatic nitrogens is 1. The monoisotopic (exact) mass is 302 g/mol. The van der Waals surface area contributed by atoms with E-state index in [9.17, 15) is 4.79 Å². The number of amides is 1. The summed E-state index contributed by atoms with van der Waals surface area (Å²) in [6.07, 6.45) is -5.64. The van der Waals surface area contributed by atoms with Crippen molar-refractivity contribution in [2.75, 3.05) is 27.1 Å². The van der Waals surface area contributed by atoms with Crippen LogP contribution in [0, 0.1) is 0 Å². The van der Waals surface area contributed by atoms with Crippen molar-refractivity contribution < 1.29 is 30.2 Å². The van der Waals surface area contributed by atoms with E-state index in [2.05, 4.69) is 4.74 Å². The van der Waals surface area contributed by atoms with Gasteiger partial charge in [0.25, 0.3) is 0 Å². The third-order valence-electron chi connectivity index (χ3n) is 2.78. The predicted octanol–water partition coefficient (Wildman–Crippen LogP) is 1.92. The minimum absolute atomic E-state index is 0.0736. The Labute approximate surface area is 145 Å². The van der Waals surface area contributed by atoms with Crippen molar-refractivity contribution in [2.24, 2.45) is 0 Å². The third kappa shape index (κ3) is 3.19. The molecule has 1 aliphatic heterocycles. The number of nitrogens with one attached hydrogen (secondary N) is 2. The van der Waals surface area contributed by atoms with Crippen LogP contribution < -0.4 is 5.31 Å². The lowest BCUT2D eigenvalue weighted by Crippen LogP contribution is -2.28. The van der Waals surface area contributed by atoms with E-state index in [1.807, 2.05) is 0 Å². The molecule has 112 valence electrons. The van der Waals surface area contributed by atoms with Gasteiger partial charge in [-0.25, -0.2) is 4.79 Å². The molecule has 2 N–H and O–H groups in total. The van der Waals surface area contributed by atoms with E-state index in [0.717, 1.165) is 0 Å². The molecule has 1 saturated heterocycles. The van der Waals surface area contributed by atoms with Crippen molar-refractivity contribution in [3.05, 3.63) is 35.4 Å². The van der Waals surface area contributed by atoms with Gasteiger partial charge >= 0.3 is 6.09 Å². The van der Waals surface area contributed by atoms with Crippen LogP contribution in [-0.4, -0.2) is 49.1 Å². The van der Waals surface area contributed by atoms with E-state index < -0.39 is 92.8 Å². The number of hydrogen-bond donors (Lipinski definition) is 2. The first-order valence-electron chi connectivity index (χ1n) is 13.4. The molecule has 0 saturated carbocycles. The average molecular weight is 302 g/mol. The zero-order chi connectivity index (χ0) is 27.8. The van der Waals surface area contributed by atoms with Crippen LogP contribution in [0.4, 0.5) is 4.79 Å². The van der Waals surface area contributed by atoms with Gasteiger partial charge in [-0.2, -0.15) is 0 Å². The van der Waals surface area contributed by atoms with Crippen molar-refractivity contribution in [3.63, 3.8) is 0 Å². The number of fused-ring (bicyclic) bond motifs is 1. The van der Waals surface area contributed by atoms with Crippen LogP contribution in [0.5, 0.6) is 0 Å². The number of aromatic amines is 1. The van der Waals surface area contributed by atoms with Crippen LogP contribution in [0.1, 0.15) is 28.9 Å². The molecule has 1 aromatic carbocycles. The van der Waals surface area contributed by atoms with Gasteiger partial charge in [0.15, 0.2) is 2.82 Å². The quantitative estimate of drug-likeness (QED) is 0.887. The molecule has 1 amide bonds. The Morgan fingerprint density at radius 3 is 3.33 bits per heavy atom. The summed E-state index contributed by atoms with van der Waals surface area (Å²) in [5, 5.41) is -0.326. The molecule has 0 bridgehead atoms. The number of carbonyl (C=O) groups excluding carboxylic acids is 1. The van der Waals surface area contributed by atoms with Crippen molar-refractivity contribution in [2.45, 2.75) is 18.8 Å². The maximum absolute atomic E-state index is 11.6. The van der Waals surface area contributed by atoms with E-state index in [0.29, 0.717) is 0 Å². The maximum Gasteiger partial charge on any atom is 0.407 e. The zero-order valence-corrected chi connectivity index (χ0v) is 10.8. The van der Waals surface area contributed by atoms with Crippen LogP contribution in [0.25, 0.3) is 10.9 Å². The molecule has 0 aliphatic carbocycles. The lowest BCUT2D eigenvalue weighted by Gasteiger charge is -2.09. The summed E-state index contributed by atoms with van der Waals surface area (Å²) in [6, 6.07) is -4.14. The summed E-state index contributed by atoms with van der Waals surface area (Å²) < 4.78 is 124. The molecule has 2 heterocycles. The summed E-state index contributed by atoms with van der Waals surface area (Å²) in [5.41, 5.74) is -1.64. The molecule has 1 aliphatic rings. The number of ether oxygens (including phenoxy) is 1. The van der Waals surface area contributed by atoms with Gasteiger partial charge < -0.3 is 19.9 Å². The summed E-state index contributed by atoms with van der Waals surface area (Å²) in [5.74, 6) is 0. The number of alkyl carbamates (subject to hydrolysis) is 1. The van der Waals surface area contributed by atoms with Crippen LogP contribution in [0.2, 0.25) is 2.82 Å². The van der Waals surface area contributed by atoms with Gasteiger partial charge in [-0.3, -0.25) is 0 Å². The molecule has 0 unspecified atom stereocenters. The highest BCUT2D eigenvalue weighted by Crippen LogP contribution is 2.21. The SMILES string of the molecule is [2H]c1c(C[C@@]2([2H])COC(=O)N2[2H])c([2H])c2c(C([2H])([2H])CN(C([2H])([2H])[2H])C([2H])([2H])[2H])c([2H])n([2H])c2c1[2H]. The molecule has 1 atom stereocenters. The fraction of sp³-hybridized carbons (Fsp3) is 0.438. The Morgan fingerprint density at radius 1 is 1.67 bits per heavy atom. The number of H-pyrrole nitrogens is 1. The second-order valence-corrected chi connectivity index (χ2v) is 4.35. The van der Waals surface area contributed by atoms with Gasteiger partial charge in [0.05, 0.1) is 12.9 Å². The molecule has 3 rings (SSSR count). The van der Waals surface area contributed by atoms with Crippen molar-refractivity contribution in [3.8, 4) is 0 Å². The number of benzene rings is 1. The molecule has 0 spiro atoms. The molecule has 5 heteroatoms. The fourth-order valence-electron chi connectivity index (χ4n) is 1.88. The van der Waals surface area contributed by atoms with Gasteiger partial charge in [-0.15, -0.1) is 0 Å². The Morgan fingerprint density at radius 2 is 2.57 bits per heavy atom. The van der Waals surface area contributed by atoms with E-state index in [1.165, 1.54) is 0 Å². The predicted molar refractivity (Wildman–Crippen MR) is 82.5 cm³/mol. The molecule has 5 nitrogen and oxygen atoms in total. The molecular formula is C16H21N3O2. The van der Waals surface area contributed by atoms with Crippen molar-refractivity contribution in [1.29, 1.82) is 0 Å². The van der Waals surface area contributed by atoms with Gasteiger partial charge in [0.1, 0.15) is 6.61 Å². The maximum atomic E-state index is 11.6. The smallest absolute Gasteiger partial charge is 0.407 e. The van der Waals surface area contributed by atoms with E-state index in [-0.39, 0.29) is 20.8 Å². The molecular weight excluding hydrogens is 266 g/mol. The number of carbonyl (C=O) groups is 1. The number of nitrogens with zero attached hydrogens (tertiary/aromatic N) is 1. The first-order chi connectivity index (χ1) is 16.1. The Kier molecular flexibility index (Phi) is 1.30. The highest BCUT2D eigenvalue weighted by atomic mass is 16.6. The van der Waals surface area contributed by atoms with E-state index in [4.69, 9.17) is 20.6 Å². The number of cyclic esters (lactones) is 1. The lowest BCUT2D eigenvalue weighted by molar-refractivity contribution is 0.177. The number of rotatable bonds is 5. The van der Waals surface area contributed by atoms with Crippen molar-refractivity contribution >= 4 is 17.0 Å². The van der Waals surface area contributed by atoms with Gasteiger partial charge in [0, 0.05) is 34.6 Å². The van der Waals surface area contributed by atoms with Crippen LogP contribution in [0.3, 0.4) is 0 Å². The summed E-state index contributed by atoms with van der Waals surface area (Å²) in [4.78, 5) is 11.8. The molecule has 1 fully saturated rings. The van der Waals surface area contributed by atoms with Gasteiger partial charge in [-0.1, -0.05) is 6.04 Å². The Hall–Kier alpha value is -2.01.